The Hall–Kier alpha value is -2.21. The molecule has 1 aliphatic carbocycles. The number of nitrogens with zero attached hydrogens (tertiary/aromatic N) is 4. The number of piperazine rings is 1. The number of amides is 1. The Kier molecular flexibility index (Phi) is 4.53. The van der Waals surface area contributed by atoms with E-state index in [1.807, 2.05) is 19.2 Å². The van der Waals surface area contributed by atoms with Crippen molar-refractivity contribution < 1.29 is 4.79 Å². The van der Waals surface area contributed by atoms with Crippen molar-refractivity contribution in [3.63, 3.8) is 0 Å². The van der Waals surface area contributed by atoms with Crippen molar-refractivity contribution in [2.24, 2.45) is 5.92 Å². The minimum absolute atomic E-state index is 0.109. The minimum Gasteiger partial charge on any atom is -0.346 e. The van der Waals surface area contributed by atoms with Gasteiger partial charge < -0.3 is 9.88 Å². The molecule has 0 radical (unpaired) electrons. The average molecular weight is 339 g/mol. The van der Waals surface area contributed by atoms with E-state index in [1.54, 1.807) is 6.20 Å². The van der Waals surface area contributed by atoms with Crippen LogP contribution in [0.3, 0.4) is 0 Å². The summed E-state index contributed by atoms with van der Waals surface area (Å²) in [5, 5.41) is 0. The van der Waals surface area contributed by atoms with Crippen LogP contribution in [0.15, 0.2) is 24.5 Å². The summed E-state index contributed by atoms with van der Waals surface area (Å²) in [5.41, 5.74) is 3.55. The SMILES string of the molecule is Cc1nc2c([nH]1)C[C@H](C(=O)N1CCN(Cc3cccnc3)CC1)CC2. The Morgan fingerprint density at radius 2 is 2.16 bits per heavy atom. The van der Waals surface area contributed by atoms with Crippen molar-refractivity contribution >= 4 is 5.91 Å². The number of aromatic nitrogens is 3. The van der Waals surface area contributed by atoms with Gasteiger partial charge in [-0.2, -0.15) is 0 Å². The number of hydrogen-bond donors (Lipinski definition) is 1. The number of nitrogens with one attached hydrogen (secondary N) is 1. The molecule has 132 valence electrons. The number of pyridine rings is 1. The molecule has 6 heteroatoms. The Morgan fingerprint density at radius 3 is 2.92 bits per heavy atom. The van der Waals surface area contributed by atoms with Crippen LogP contribution in [0.1, 0.15) is 29.2 Å². The third-order valence-electron chi connectivity index (χ3n) is 5.33. The molecule has 25 heavy (non-hydrogen) atoms. The lowest BCUT2D eigenvalue weighted by molar-refractivity contribution is -0.137. The van der Waals surface area contributed by atoms with E-state index in [1.165, 1.54) is 5.56 Å². The van der Waals surface area contributed by atoms with Crippen LogP contribution in [-0.2, 0) is 24.2 Å². The van der Waals surface area contributed by atoms with Crippen molar-refractivity contribution in [2.45, 2.75) is 32.7 Å². The molecule has 1 amide bonds. The molecule has 0 aromatic carbocycles. The molecule has 2 aromatic rings. The van der Waals surface area contributed by atoms with E-state index in [0.717, 1.165) is 69.2 Å². The first-order valence-corrected chi connectivity index (χ1v) is 9.13. The zero-order valence-electron chi connectivity index (χ0n) is 14.7. The zero-order valence-corrected chi connectivity index (χ0v) is 14.7. The van der Waals surface area contributed by atoms with Crippen LogP contribution in [-0.4, -0.2) is 56.8 Å². The van der Waals surface area contributed by atoms with Crippen LogP contribution < -0.4 is 0 Å². The molecule has 2 aromatic heterocycles. The van der Waals surface area contributed by atoms with Gasteiger partial charge in [0.15, 0.2) is 0 Å². The van der Waals surface area contributed by atoms with E-state index >= 15 is 0 Å². The number of H-pyrrole nitrogens is 1. The van der Waals surface area contributed by atoms with Crippen LogP contribution in [0, 0.1) is 12.8 Å². The van der Waals surface area contributed by atoms with Gasteiger partial charge in [-0.05, 0) is 31.4 Å². The molecule has 0 saturated carbocycles. The summed E-state index contributed by atoms with van der Waals surface area (Å²) in [5.74, 6) is 1.39. The molecule has 0 unspecified atom stereocenters. The van der Waals surface area contributed by atoms with E-state index in [2.05, 4.69) is 30.8 Å². The number of rotatable bonds is 3. The van der Waals surface area contributed by atoms with Gasteiger partial charge in [0.05, 0.1) is 5.69 Å². The Balaban J connectivity index is 1.31. The highest BCUT2D eigenvalue weighted by atomic mass is 16.2. The summed E-state index contributed by atoms with van der Waals surface area (Å²) in [7, 11) is 0. The Labute approximate surface area is 148 Å². The molecule has 3 heterocycles. The number of carbonyl (C=O) groups is 1. The highest BCUT2D eigenvalue weighted by Gasteiger charge is 2.31. The lowest BCUT2D eigenvalue weighted by Crippen LogP contribution is -2.50. The number of hydrogen-bond acceptors (Lipinski definition) is 4. The summed E-state index contributed by atoms with van der Waals surface area (Å²) in [4.78, 5) is 29.4. The summed E-state index contributed by atoms with van der Waals surface area (Å²) >= 11 is 0. The predicted molar refractivity (Wildman–Crippen MR) is 94.9 cm³/mol. The topological polar surface area (TPSA) is 65.1 Å². The highest BCUT2D eigenvalue weighted by Crippen LogP contribution is 2.26. The second-order valence-corrected chi connectivity index (χ2v) is 7.15. The summed E-state index contributed by atoms with van der Waals surface area (Å²) in [6.45, 7) is 6.41. The molecular formula is C19H25N5O. The standard InChI is InChI=1S/C19H25N5O/c1-14-21-17-5-4-16(11-18(17)22-14)19(25)24-9-7-23(8-10-24)13-15-3-2-6-20-12-15/h2-3,6,12,16H,4-5,7-11,13H2,1H3,(H,21,22)/t16-/m1/s1. The van der Waals surface area contributed by atoms with Crippen molar-refractivity contribution in [1.29, 1.82) is 0 Å². The number of fused-ring (bicyclic) bond motifs is 1. The Bertz CT molecular complexity index is 734. The third kappa shape index (κ3) is 3.58. The number of imidazole rings is 1. The van der Waals surface area contributed by atoms with E-state index in [-0.39, 0.29) is 5.92 Å². The first-order valence-electron chi connectivity index (χ1n) is 9.13. The molecule has 1 aliphatic heterocycles. The molecule has 1 fully saturated rings. The van der Waals surface area contributed by atoms with Gasteiger partial charge in [0.2, 0.25) is 5.91 Å². The number of aryl methyl sites for hydroxylation is 2. The molecule has 0 bridgehead atoms. The van der Waals surface area contributed by atoms with Crippen LogP contribution in [0.25, 0.3) is 0 Å². The number of aromatic amines is 1. The molecule has 6 nitrogen and oxygen atoms in total. The zero-order chi connectivity index (χ0) is 17.2. The summed E-state index contributed by atoms with van der Waals surface area (Å²) in [6.07, 6.45) is 6.37. The molecule has 1 saturated heterocycles. The van der Waals surface area contributed by atoms with E-state index in [4.69, 9.17) is 0 Å². The van der Waals surface area contributed by atoms with Gasteiger partial charge in [-0.3, -0.25) is 14.7 Å². The lowest BCUT2D eigenvalue weighted by atomic mass is 9.88. The second kappa shape index (κ2) is 6.96. The predicted octanol–water partition coefficient (Wildman–Crippen LogP) is 1.56. The second-order valence-electron chi connectivity index (χ2n) is 7.15. The van der Waals surface area contributed by atoms with Crippen molar-refractivity contribution in [1.82, 2.24) is 24.8 Å². The fourth-order valence-corrected chi connectivity index (χ4v) is 3.97. The van der Waals surface area contributed by atoms with Crippen molar-refractivity contribution in [3.8, 4) is 0 Å². The molecule has 1 atom stereocenters. The van der Waals surface area contributed by atoms with Crippen LogP contribution in [0.2, 0.25) is 0 Å². The fourth-order valence-electron chi connectivity index (χ4n) is 3.97. The normalized spacial score (nSPS) is 21.2. The third-order valence-corrected chi connectivity index (χ3v) is 5.33. The van der Waals surface area contributed by atoms with Gasteiger partial charge in [0.1, 0.15) is 5.82 Å². The van der Waals surface area contributed by atoms with Gasteiger partial charge >= 0.3 is 0 Å². The smallest absolute Gasteiger partial charge is 0.226 e. The highest BCUT2D eigenvalue weighted by molar-refractivity contribution is 5.79. The monoisotopic (exact) mass is 339 g/mol. The maximum Gasteiger partial charge on any atom is 0.226 e. The minimum atomic E-state index is 0.109. The molecule has 0 spiro atoms. The molecule has 2 aliphatic rings. The van der Waals surface area contributed by atoms with Gasteiger partial charge in [-0.15, -0.1) is 0 Å². The van der Waals surface area contributed by atoms with Crippen molar-refractivity contribution in [2.75, 3.05) is 26.2 Å². The average Bonchev–Trinajstić information content (AvgIpc) is 3.02. The van der Waals surface area contributed by atoms with Gasteiger partial charge in [-0.1, -0.05) is 6.07 Å². The van der Waals surface area contributed by atoms with E-state index in [0.29, 0.717) is 5.91 Å². The van der Waals surface area contributed by atoms with Crippen molar-refractivity contribution in [3.05, 3.63) is 47.3 Å². The quantitative estimate of drug-likeness (QED) is 0.922. The van der Waals surface area contributed by atoms with E-state index in [9.17, 15) is 4.79 Å². The van der Waals surface area contributed by atoms with Crippen LogP contribution >= 0.6 is 0 Å². The lowest BCUT2D eigenvalue weighted by Gasteiger charge is -2.37. The first-order chi connectivity index (χ1) is 12.2. The van der Waals surface area contributed by atoms with Gasteiger partial charge in [0, 0.05) is 63.2 Å². The maximum atomic E-state index is 12.9. The Morgan fingerprint density at radius 1 is 1.32 bits per heavy atom. The van der Waals surface area contributed by atoms with Crippen LogP contribution in [0.4, 0.5) is 0 Å². The largest absolute Gasteiger partial charge is 0.346 e. The number of carbonyl (C=O) groups excluding carboxylic acids is 1. The molecular weight excluding hydrogens is 314 g/mol. The summed E-state index contributed by atoms with van der Waals surface area (Å²) in [6, 6.07) is 4.08. The van der Waals surface area contributed by atoms with Gasteiger partial charge in [0.25, 0.3) is 0 Å². The molecule has 1 N–H and O–H groups in total. The van der Waals surface area contributed by atoms with Crippen LogP contribution in [0.5, 0.6) is 0 Å². The maximum absolute atomic E-state index is 12.9. The van der Waals surface area contributed by atoms with E-state index < -0.39 is 0 Å². The van der Waals surface area contributed by atoms with Gasteiger partial charge in [-0.25, -0.2) is 4.98 Å². The molecule has 4 rings (SSSR count). The summed E-state index contributed by atoms with van der Waals surface area (Å²) < 4.78 is 0. The first kappa shape index (κ1) is 16.3. The fraction of sp³-hybridized carbons (Fsp3) is 0.526.